The van der Waals surface area contributed by atoms with E-state index in [2.05, 4.69) is 0 Å². The normalized spacial score (nSPS) is 12.1. The molecule has 92 valence electrons. The van der Waals surface area contributed by atoms with E-state index in [0.29, 0.717) is 6.42 Å². The Balaban J connectivity index is 2.47. The molecule has 0 amide bonds. The van der Waals surface area contributed by atoms with Gasteiger partial charge in [-0.2, -0.15) is 0 Å². The summed E-state index contributed by atoms with van der Waals surface area (Å²) >= 11 is 0. The zero-order valence-corrected chi connectivity index (χ0v) is 9.07. The molecule has 17 heavy (non-hydrogen) atoms. The van der Waals surface area contributed by atoms with Crippen LogP contribution < -0.4 is 0 Å². The van der Waals surface area contributed by atoms with Gasteiger partial charge < -0.3 is 10.2 Å². The minimum absolute atomic E-state index is 0.194. The summed E-state index contributed by atoms with van der Waals surface area (Å²) in [4.78, 5) is 20.1. The molecule has 0 aromatic heterocycles. The highest BCUT2D eigenvalue weighted by Crippen LogP contribution is 2.08. The number of hydrogen-bond acceptors (Lipinski definition) is 4. The van der Waals surface area contributed by atoms with Crippen molar-refractivity contribution in [3.8, 4) is 0 Å². The highest BCUT2D eigenvalue weighted by molar-refractivity contribution is 5.87. The Kier molecular flexibility index (Phi) is 4.59. The number of nitrogens with zero attached hydrogens (tertiary/aromatic N) is 1. The topological polar surface area (TPSA) is 101 Å². The summed E-state index contributed by atoms with van der Waals surface area (Å²) in [6.07, 6.45) is -0.202. The van der Waals surface area contributed by atoms with Crippen molar-refractivity contribution in [1.29, 1.82) is 0 Å². The molecular formula is C11H13NO5. The molecule has 2 N–H and O–H groups in total. The van der Waals surface area contributed by atoms with Crippen LogP contribution in [0.25, 0.3) is 0 Å². The minimum atomic E-state index is -0.995. The van der Waals surface area contributed by atoms with Crippen molar-refractivity contribution < 1.29 is 19.9 Å². The smallest absolute Gasteiger partial charge is 0.335 e. The summed E-state index contributed by atoms with van der Waals surface area (Å²) in [5, 5.41) is 28.1. The van der Waals surface area contributed by atoms with Crippen LogP contribution in [0.4, 0.5) is 0 Å². The Hall–Kier alpha value is -1.95. The van der Waals surface area contributed by atoms with Gasteiger partial charge in [-0.25, -0.2) is 4.79 Å². The predicted molar refractivity (Wildman–Crippen MR) is 59.6 cm³/mol. The molecular weight excluding hydrogens is 226 g/mol. The molecule has 0 aliphatic rings. The summed E-state index contributed by atoms with van der Waals surface area (Å²) in [7, 11) is 0. The first kappa shape index (κ1) is 13.1. The average molecular weight is 239 g/mol. The lowest BCUT2D eigenvalue weighted by molar-refractivity contribution is -0.490. The van der Waals surface area contributed by atoms with E-state index in [1.54, 1.807) is 12.1 Å². The van der Waals surface area contributed by atoms with E-state index in [-0.39, 0.29) is 12.0 Å². The third kappa shape index (κ3) is 4.60. The lowest BCUT2D eigenvalue weighted by atomic mass is 10.1. The molecule has 0 saturated heterocycles. The van der Waals surface area contributed by atoms with Gasteiger partial charge in [-0.05, 0) is 30.5 Å². The molecule has 0 aliphatic carbocycles. The van der Waals surface area contributed by atoms with E-state index in [1.165, 1.54) is 12.1 Å². The molecule has 0 spiro atoms. The quantitative estimate of drug-likeness (QED) is 0.568. The molecule has 0 bridgehead atoms. The Morgan fingerprint density at radius 1 is 1.35 bits per heavy atom. The maximum absolute atomic E-state index is 10.6. The predicted octanol–water partition coefficient (Wildman–Crippen LogP) is 0.955. The highest BCUT2D eigenvalue weighted by atomic mass is 16.6. The summed E-state index contributed by atoms with van der Waals surface area (Å²) < 4.78 is 0. The molecule has 1 atom stereocenters. The van der Waals surface area contributed by atoms with Gasteiger partial charge in [0.2, 0.25) is 6.54 Å². The number of aliphatic hydroxyl groups excluding tert-OH is 1. The minimum Gasteiger partial charge on any atom is -0.478 e. The molecule has 0 heterocycles. The Labute approximate surface area is 97.7 Å². The number of hydrogen-bond donors (Lipinski definition) is 2. The Bertz CT molecular complexity index is 401. The van der Waals surface area contributed by atoms with Crippen molar-refractivity contribution in [2.45, 2.75) is 18.9 Å². The zero-order valence-electron chi connectivity index (χ0n) is 9.07. The first-order valence-corrected chi connectivity index (χ1v) is 5.11. The van der Waals surface area contributed by atoms with Gasteiger partial charge >= 0.3 is 5.97 Å². The molecule has 0 saturated carbocycles. The number of nitro groups is 1. The summed E-state index contributed by atoms with van der Waals surface area (Å²) in [5.41, 5.74) is 1.04. The standard InChI is InChI=1S/C11H13NO5/c13-10(7-12(16)17)6-3-8-1-4-9(5-2-8)11(14)15/h1-2,4-5,10,13H,3,6-7H2,(H,14,15). The zero-order chi connectivity index (χ0) is 12.8. The number of benzene rings is 1. The van der Waals surface area contributed by atoms with Crippen LogP contribution >= 0.6 is 0 Å². The molecule has 0 aliphatic heterocycles. The maximum Gasteiger partial charge on any atom is 0.335 e. The second kappa shape index (κ2) is 5.95. The van der Waals surface area contributed by atoms with E-state index in [1.807, 2.05) is 0 Å². The van der Waals surface area contributed by atoms with Crippen LogP contribution in [0.3, 0.4) is 0 Å². The van der Waals surface area contributed by atoms with Gasteiger partial charge in [0, 0.05) is 4.92 Å². The van der Waals surface area contributed by atoms with Crippen molar-refractivity contribution in [2.24, 2.45) is 0 Å². The van der Waals surface area contributed by atoms with Crippen molar-refractivity contribution in [3.05, 3.63) is 45.5 Å². The van der Waals surface area contributed by atoms with E-state index in [4.69, 9.17) is 5.11 Å². The SMILES string of the molecule is O=C(O)c1ccc(CCC(O)C[N+](=O)[O-])cc1. The Morgan fingerprint density at radius 3 is 2.41 bits per heavy atom. The van der Waals surface area contributed by atoms with E-state index in [9.17, 15) is 20.0 Å². The lowest BCUT2D eigenvalue weighted by Crippen LogP contribution is -2.19. The monoisotopic (exact) mass is 239 g/mol. The maximum atomic E-state index is 10.6. The van der Waals surface area contributed by atoms with Crippen LogP contribution in [0.5, 0.6) is 0 Å². The number of carboxylic acids is 1. The molecule has 6 nitrogen and oxygen atoms in total. The van der Waals surface area contributed by atoms with Gasteiger partial charge in [-0.15, -0.1) is 0 Å². The van der Waals surface area contributed by atoms with E-state index >= 15 is 0 Å². The largest absolute Gasteiger partial charge is 0.478 e. The van der Waals surface area contributed by atoms with Crippen molar-refractivity contribution in [3.63, 3.8) is 0 Å². The second-order valence-corrected chi connectivity index (χ2v) is 3.71. The highest BCUT2D eigenvalue weighted by Gasteiger charge is 2.11. The molecule has 1 rings (SSSR count). The van der Waals surface area contributed by atoms with Gasteiger partial charge in [-0.1, -0.05) is 12.1 Å². The molecule has 0 fully saturated rings. The fourth-order valence-corrected chi connectivity index (χ4v) is 1.41. The van der Waals surface area contributed by atoms with E-state index in [0.717, 1.165) is 5.56 Å². The van der Waals surface area contributed by atoms with Crippen molar-refractivity contribution in [1.82, 2.24) is 0 Å². The van der Waals surface area contributed by atoms with Gasteiger partial charge in [-0.3, -0.25) is 10.1 Å². The fourth-order valence-electron chi connectivity index (χ4n) is 1.41. The fraction of sp³-hybridized carbons (Fsp3) is 0.364. The molecule has 0 radical (unpaired) electrons. The van der Waals surface area contributed by atoms with Gasteiger partial charge in [0.15, 0.2) is 0 Å². The average Bonchev–Trinajstić information content (AvgIpc) is 2.26. The summed E-state index contributed by atoms with van der Waals surface area (Å²) in [6.45, 7) is -0.465. The first-order chi connectivity index (χ1) is 7.99. The van der Waals surface area contributed by atoms with Gasteiger partial charge in [0.1, 0.15) is 6.10 Å². The molecule has 1 aromatic rings. The van der Waals surface area contributed by atoms with Crippen LogP contribution in [0, 0.1) is 10.1 Å². The van der Waals surface area contributed by atoms with Crippen LogP contribution in [0.1, 0.15) is 22.3 Å². The number of carboxylic acid groups (broad SMARTS) is 1. The van der Waals surface area contributed by atoms with Crippen LogP contribution in [0.2, 0.25) is 0 Å². The Morgan fingerprint density at radius 2 is 1.94 bits per heavy atom. The third-order valence-corrected chi connectivity index (χ3v) is 2.33. The number of rotatable bonds is 6. The van der Waals surface area contributed by atoms with Gasteiger partial charge in [0.25, 0.3) is 0 Å². The van der Waals surface area contributed by atoms with Crippen LogP contribution in [-0.2, 0) is 6.42 Å². The number of carbonyl (C=O) groups is 1. The van der Waals surface area contributed by atoms with Gasteiger partial charge in [0.05, 0.1) is 5.56 Å². The number of aliphatic hydroxyl groups is 1. The number of aryl methyl sites for hydroxylation is 1. The molecule has 1 unspecified atom stereocenters. The summed E-state index contributed by atoms with van der Waals surface area (Å²) in [6, 6.07) is 6.22. The second-order valence-electron chi connectivity index (χ2n) is 3.71. The summed E-state index contributed by atoms with van der Waals surface area (Å²) in [5.74, 6) is -0.995. The van der Waals surface area contributed by atoms with Crippen LogP contribution in [-0.4, -0.2) is 33.8 Å². The lowest BCUT2D eigenvalue weighted by Gasteiger charge is -2.06. The first-order valence-electron chi connectivity index (χ1n) is 5.11. The molecule has 1 aromatic carbocycles. The van der Waals surface area contributed by atoms with Crippen molar-refractivity contribution >= 4 is 5.97 Å². The van der Waals surface area contributed by atoms with Crippen molar-refractivity contribution in [2.75, 3.05) is 6.54 Å². The van der Waals surface area contributed by atoms with Crippen LogP contribution in [0.15, 0.2) is 24.3 Å². The third-order valence-electron chi connectivity index (χ3n) is 2.33. The molecule has 6 heteroatoms. The van der Waals surface area contributed by atoms with E-state index < -0.39 is 23.5 Å². The number of aromatic carboxylic acids is 1.